The van der Waals surface area contributed by atoms with Crippen LogP contribution >= 0.6 is 0 Å². The predicted molar refractivity (Wildman–Crippen MR) is 97.1 cm³/mol. The van der Waals surface area contributed by atoms with Gasteiger partial charge in [-0.25, -0.2) is 0 Å². The van der Waals surface area contributed by atoms with Gasteiger partial charge in [0, 0.05) is 13.1 Å². The number of anilines is 1. The third kappa shape index (κ3) is 4.07. The van der Waals surface area contributed by atoms with E-state index in [1.165, 1.54) is 4.90 Å². The standard InChI is InChI=1S/C19H29N3O3/c1-14-12-22(13-15(2)25-14)19(24)16(3)20-8-10-21(11-9-20)17-6-4-5-7-18(17)23/h4-7,14-16,23H,8-13H2,1-3H3/p+1/t14-,15-,16+/m0/s1. The van der Waals surface area contributed by atoms with Gasteiger partial charge in [-0.2, -0.15) is 0 Å². The molecule has 6 nitrogen and oxygen atoms in total. The molecule has 2 fully saturated rings. The van der Waals surface area contributed by atoms with Crippen molar-refractivity contribution in [3.05, 3.63) is 24.3 Å². The summed E-state index contributed by atoms with van der Waals surface area (Å²) >= 11 is 0. The number of piperazine rings is 1. The van der Waals surface area contributed by atoms with E-state index in [9.17, 15) is 9.90 Å². The largest absolute Gasteiger partial charge is 0.506 e. The van der Waals surface area contributed by atoms with Gasteiger partial charge in [0.15, 0.2) is 6.04 Å². The molecule has 0 saturated carbocycles. The number of carbonyl (C=O) groups is 1. The molecule has 2 saturated heterocycles. The summed E-state index contributed by atoms with van der Waals surface area (Å²) in [5, 5.41) is 10.0. The zero-order valence-electron chi connectivity index (χ0n) is 15.4. The highest BCUT2D eigenvalue weighted by Gasteiger charge is 2.35. The first kappa shape index (κ1) is 18.0. The van der Waals surface area contributed by atoms with E-state index in [0.717, 1.165) is 31.9 Å². The minimum absolute atomic E-state index is 0.0379. The first-order chi connectivity index (χ1) is 12.0. The molecule has 2 N–H and O–H groups in total. The van der Waals surface area contributed by atoms with Crippen molar-refractivity contribution in [2.75, 3.05) is 44.2 Å². The topological polar surface area (TPSA) is 57.5 Å². The molecule has 0 radical (unpaired) electrons. The quantitative estimate of drug-likeness (QED) is 0.815. The molecule has 1 aromatic carbocycles. The number of hydrogen-bond donors (Lipinski definition) is 2. The lowest BCUT2D eigenvalue weighted by molar-refractivity contribution is -0.915. The minimum Gasteiger partial charge on any atom is -0.506 e. The average molecular weight is 348 g/mol. The lowest BCUT2D eigenvalue weighted by atomic mass is 10.1. The Hall–Kier alpha value is -1.79. The van der Waals surface area contributed by atoms with E-state index in [0.29, 0.717) is 18.8 Å². The number of nitrogens with zero attached hydrogens (tertiary/aromatic N) is 2. The number of para-hydroxylation sites is 2. The Morgan fingerprint density at radius 1 is 1.20 bits per heavy atom. The predicted octanol–water partition coefficient (Wildman–Crippen LogP) is 0.121. The number of aromatic hydroxyl groups is 1. The Morgan fingerprint density at radius 3 is 2.40 bits per heavy atom. The second kappa shape index (κ2) is 7.62. The summed E-state index contributed by atoms with van der Waals surface area (Å²) in [4.78, 5) is 18.4. The van der Waals surface area contributed by atoms with Gasteiger partial charge in [0.2, 0.25) is 0 Å². The summed E-state index contributed by atoms with van der Waals surface area (Å²) in [5.41, 5.74) is 0.886. The van der Waals surface area contributed by atoms with E-state index in [-0.39, 0.29) is 24.2 Å². The van der Waals surface area contributed by atoms with Crippen LogP contribution in [0.5, 0.6) is 5.75 Å². The number of morpholine rings is 1. The van der Waals surface area contributed by atoms with Gasteiger partial charge in [0.1, 0.15) is 5.75 Å². The van der Waals surface area contributed by atoms with Crippen LogP contribution in [-0.4, -0.2) is 73.4 Å². The van der Waals surface area contributed by atoms with Crippen molar-refractivity contribution in [3.63, 3.8) is 0 Å². The number of rotatable bonds is 3. The van der Waals surface area contributed by atoms with Crippen LogP contribution in [0.4, 0.5) is 5.69 Å². The zero-order valence-corrected chi connectivity index (χ0v) is 15.4. The van der Waals surface area contributed by atoms with E-state index in [1.807, 2.05) is 43.9 Å². The normalized spacial score (nSPS) is 26.5. The van der Waals surface area contributed by atoms with Gasteiger partial charge in [-0.1, -0.05) is 12.1 Å². The molecule has 2 heterocycles. The summed E-state index contributed by atoms with van der Waals surface area (Å²) < 4.78 is 5.73. The van der Waals surface area contributed by atoms with E-state index < -0.39 is 0 Å². The van der Waals surface area contributed by atoms with Crippen LogP contribution in [0.25, 0.3) is 0 Å². The maximum Gasteiger partial charge on any atom is 0.280 e. The molecule has 138 valence electrons. The molecule has 3 rings (SSSR count). The SMILES string of the molecule is C[C@H](C(=O)N1C[C@H](C)O[C@@H](C)C1)[NH+]1CCN(c2ccccc2O)CC1. The third-order valence-corrected chi connectivity index (χ3v) is 5.34. The molecule has 1 amide bonds. The van der Waals surface area contributed by atoms with Gasteiger partial charge in [-0.15, -0.1) is 0 Å². The second-order valence-corrected chi connectivity index (χ2v) is 7.36. The number of phenols is 1. The van der Waals surface area contributed by atoms with E-state index >= 15 is 0 Å². The Bertz CT molecular complexity index is 591. The number of benzene rings is 1. The van der Waals surface area contributed by atoms with Crippen molar-refractivity contribution < 1.29 is 19.5 Å². The van der Waals surface area contributed by atoms with Gasteiger partial charge in [0.25, 0.3) is 5.91 Å². The fourth-order valence-electron chi connectivity index (χ4n) is 4.01. The summed E-state index contributed by atoms with van der Waals surface area (Å²) in [6, 6.07) is 7.42. The summed E-state index contributed by atoms with van der Waals surface area (Å²) in [6.45, 7) is 11.0. The summed E-state index contributed by atoms with van der Waals surface area (Å²) in [5.74, 6) is 0.555. The van der Waals surface area contributed by atoms with E-state index in [2.05, 4.69) is 4.90 Å². The Kier molecular flexibility index (Phi) is 5.49. The van der Waals surface area contributed by atoms with Crippen LogP contribution in [0, 0.1) is 0 Å². The van der Waals surface area contributed by atoms with Crippen LogP contribution in [0.1, 0.15) is 20.8 Å². The van der Waals surface area contributed by atoms with E-state index in [4.69, 9.17) is 4.74 Å². The minimum atomic E-state index is -0.0379. The maximum atomic E-state index is 12.9. The number of hydrogen-bond acceptors (Lipinski definition) is 4. The van der Waals surface area contributed by atoms with Gasteiger partial charge >= 0.3 is 0 Å². The molecule has 3 atom stereocenters. The molecular weight excluding hydrogens is 318 g/mol. The molecular formula is C19H30N3O3+. The molecule has 2 aliphatic rings. The monoisotopic (exact) mass is 348 g/mol. The molecule has 6 heteroatoms. The fraction of sp³-hybridized carbons (Fsp3) is 0.632. The van der Waals surface area contributed by atoms with Crippen molar-refractivity contribution in [2.24, 2.45) is 0 Å². The highest BCUT2D eigenvalue weighted by Crippen LogP contribution is 2.26. The van der Waals surface area contributed by atoms with Gasteiger partial charge in [-0.05, 0) is 32.9 Å². The molecule has 0 aromatic heterocycles. The highest BCUT2D eigenvalue weighted by molar-refractivity contribution is 5.80. The van der Waals surface area contributed by atoms with Crippen molar-refractivity contribution >= 4 is 11.6 Å². The number of nitrogens with one attached hydrogen (secondary N) is 1. The second-order valence-electron chi connectivity index (χ2n) is 7.36. The molecule has 0 aliphatic carbocycles. The van der Waals surface area contributed by atoms with Crippen LogP contribution in [0.3, 0.4) is 0 Å². The van der Waals surface area contributed by atoms with Gasteiger partial charge in [-0.3, -0.25) is 4.79 Å². The van der Waals surface area contributed by atoms with Crippen molar-refractivity contribution in [3.8, 4) is 5.75 Å². The molecule has 2 aliphatic heterocycles. The third-order valence-electron chi connectivity index (χ3n) is 5.34. The van der Waals surface area contributed by atoms with E-state index in [1.54, 1.807) is 6.07 Å². The van der Waals surface area contributed by atoms with Gasteiger partial charge in [0.05, 0.1) is 44.1 Å². The van der Waals surface area contributed by atoms with Crippen LogP contribution in [-0.2, 0) is 9.53 Å². The van der Waals surface area contributed by atoms with Crippen molar-refractivity contribution in [2.45, 2.75) is 39.0 Å². The van der Waals surface area contributed by atoms with Gasteiger partial charge < -0.3 is 24.5 Å². The summed E-state index contributed by atoms with van der Waals surface area (Å²) in [6.07, 6.45) is 0.209. The molecule has 0 spiro atoms. The summed E-state index contributed by atoms with van der Waals surface area (Å²) in [7, 11) is 0. The average Bonchev–Trinajstić information content (AvgIpc) is 2.60. The fourth-order valence-corrected chi connectivity index (χ4v) is 4.01. The Morgan fingerprint density at radius 2 is 1.80 bits per heavy atom. The number of phenolic OH excluding ortho intramolecular Hbond substituents is 1. The first-order valence-electron chi connectivity index (χ1n) is 9.27. The van der Waals surface area contributed by atoms with Crippen LogP contribution in [0.2, 0.25) is 0 Å². The lowest BCUT2D eigenvalue weighted by Gasteiger charge is -2.40. The smallest absolute Gasteiger partial charge is 0.280 e. The molecule has 25 heavy (non-hydrogen) atoms. The number of quaternary nitrogens is 1. The first-order valence-corrected chi connectivity index (χ1v) is 9.27. The highest BCUT2D eigenvalue weighted by atomic mass is 16.5. The van der Waals surface area contributed by atoms with Crippen LogP contribution < -0.4 is 9.80 Å². The molecule has 0 unspecified atom stereocenters. The number of carbonyl (C=O) groups excluding carboxylic acids is 1. The zero-order chi connectivity index (χ0) is 18.0. The Labute approximate surface area is 150 Å². The van der Waals surface area contributed by atoms with Crippen molar-refractivity contribution in [1.82, 2.24) is 4.90 Å². The number of ether oxygens (including phenoxy) is 1. The Balaban J connectivity index is 1.57. The molecule has 0 bridgehead atoms. The van der Waals surface area contributed by atoms with Crippen molar-refractivity contribution in [1.29, 1.82) is 0 Å². The lowest BCUT2D eigenvalue weighted by Crippen LogP contribution is -3.19. The maximum absolute atomic E-state index is 12.9. The number of amides is 1. The molecule has 1 aromatic rings. The van der Waals surface area contributed by atoms with Crippen LogP contribution in [0.15, 0.2) is 24.3 Å².